The van der Waals surface area contributed by atoms with Gasteiger partial charge >= 0.3 is 0 Å². The molecule has 0 aromatic rings. The highest BCUT2D eigenvalue weighted by Crippen LogP contribution is 2.50. The summed E-state index contributed by atoms with van der Waals surface area (Å²) in [6.07, 6.45) is 4.25. The van der Waals surface area contributed by atoms with E-state index in [1.165, 1.54) is 19.3 Å². The molecule has 0 aromatic carbocycles. The van der Waals surface area contributed by atoms with E-state index in [0.29, 0.717) is 10.8 Å². The van der Waals surface area contributed by atoms with E-state index in [1.807, 2.05) is 0 Å². The van der Waals surface area contributed by atoms with Gasteiger partial charge < -0.3 is 0 Å². The molecule has 0 unspecified atom stereocenters. The number of rotatable bonds is 0. The molecule has 0 N–H and O–H groups in total. The second-order valence-electron chi connectivity index (χ2n) is 5.55. The first kappa shape index (κ1) is 9.09. The molecular weight excluding hydrogens is 132 g/mol. The maximum atomic E-state index is 2.42. The first-order valence-electron chi connectivity index (χ1n) is 4.86. The summed E-state index contributed by atoms with van der Waals surface area (Å²) >= 11 is 0. The monoisotopic (exact) mass is 154 g/mol. The van der Waals surface area contributed by atoms with Gasteiger partial charge in [0.1, 0.15) is 0 Å². The van der Waals surface area contributed by atoms with Gasteiger partial charge in [0.2, 0.25) is 0 Å². The smallest absolute Gasteiger partial charge is 0.0323 e. The fraction of sp³-hybridized carbons (Fsp3) is 1.00. The Morgan fingerprint density at radius 2 is 1.27 bits per heavy atom. The highest BCUT2D eigenvalue weighted by Gasteiger charge is 2.40. The molecule has 0 spiro atoms. The lowest BCUT2D eigenvalue weighted by molar-refractivity contribution is 0.0286. The lowest BCUT2D eigenvalue weighted by Gasteiger charge is -2.47. The van der Waals surface area contributed by atoms with Crippen LogP contribution in [-0.2, 0) is 0 Å². The van der Waals surface area contributed by atoms with Crippen molar-refractivity contribution in [2.75, 3.05) is 0 Å². The number of hydrogen-bond acceptors (Lipinski definition) is 0. The zero-order chi connectivity index (χ0) is 8.70. The molecule has 0 saturated heterocycles. The highest BCUT2D eigenvalue weighted by molar-refractivity contribution is 4.90. The van der Waals surface area contributed by atoms with Crippen molar-refractivity contribution in [1.29, 1.82) is 0 Å². The summed E-state index contributed by atoms with van der Waals surface area (Å²) in [5.74, 6) is 0.865. The molecule has 66 valence electrons. The van der Waals surface area contributed by atoms with E-state index in [2.05, 4.69) is 34.6 Å². The first-order valence-corrected chi connectivity index (χ1v) is 4.86. The summed E-state index contributed by atoms with van der Waals surface area (Å²) in [4.78, 5) is 0. The summed E-state index contributed by atoms with van der Waals surface area (Å²) in [6.45, 7) is 12.1. The van der Waals surface area contributed by atoms with Crippen LogP contribution in [0.25, 0.3) is 0 Å². The van der Waals surface area contributed by atoms with Crippen LogP contribution in [0.5, 0.6) is 0 Å². The van der Waals surface area contributed by atoms with Crippen LogP contribution in [0.2, 0.25) is 0 Å². The maximum Gasteiger partial charge on any atom is -0.0323 e. The Morgan fingerprint density at radius 1 is 0.909 bits per heavy atom. The van der Waals surface area contributed by atoms with Crippen molar-refractivity contribution in [3.8, 4) is 0 Å². The maximum absolute atomic E-state index is 2.42. The second-order valence-corrected chi connectivity index (χ2v) is 5.55. The van der Waals surface area contributed by atoms with Gasteiger partial charge in [-0.05, 0) is 29.6 Å². The van der Waals surface area contributed by atoms with Gasteiger partial charge in [-0.2, -0.15) is 0 Å². The summed E-state index contributed by atoms with van der Waals surface area (Å²) in [6, 6.07) is 0. The van der Waals surface area contributed by atoms with Gasteiger partial charge in [-0.3, -0.25) is 0 Å². The van der Waals surface area contributed by atoms with Crippen molar-refractivity contribution in [1.82, 2.24) is 0 Å². The third kappa shape index (κ3) is 1.60. The molecule has 1 fully saturated rings. The second kappa shape index (κ2) is 2.50. The van der Waals surface area contributed by atoms with Crippen LogP contribution in [0, 0.1) is 16.7 Å². The van der Waals surface area contributed by atoms with E-state index in [4.69, 9.17) is 0 Å². The van der Waals surface area contributed by atoms with Crippen LogP contribution >= 0.6 is 0 Å². The van der Waals surface area contributed by atoms with E-state index < -0.39 is 0 Å². The van der Waals surface area contributed by atoms with E-state index in [1.54, 1.807) is 0 Å². The minimum absolute atomic E-state index is 0.571. The predicted molar refractivity (Wildman–Crippen MR) is 50.6 cm³/mol. The minimum Gasteiger partial charge on any atom is -0.0615 e. The van der Waals surface area contributed by atoms with Crippen molar-refractivity contribution in [2.45, 2.75) is 53.9 Å². The molecule has 0 heteroatoms. The van der Waals surface area contributed by atoms with Crippen molar-refractivity contribution in [3.63, 3.8) is 0 Å². The Labute approximate surface area is 71.4 Å². The van der Waals surface area contributed by atoms with E-state index in [-0.39, 0.29) is 0 Å². The van der Waals surface area contributed by atoms with Gasteiger partial charge in [0.25, 0.3) is 0 Å². The fourth-order valence-corrected chi connectivity index (χ4v) is 2.49. The summed E-state index contributed by atoms with van der Waals surface area (Å²) in [5, 5.41) is 0. The number of hydrogen-bond donors (Lipinski definition) is 0. The van der Waals surface area contributed by atoms with Crippen LogP contribution < -0.4 is 0 Å². The minimum atomic E-state index is 0.571. The topological polar surface area (TPSA) is 0 Å². The highest BCUT2D eigenvalue weighted by atomic mass is 14.4. The molecule has 0 bridgehead atoms. The summed E-state index contributed by atoms with van der Waals surface area (Å²) in [7, 11) is 0. The van der Waals surface area contributed by atoms with Crippen molar-refractivity contribution in [3.05, 3.63) is 0 Å². The molecule has 0 radical (unpaired) electrons. The standard InChI is InChI=1S/C11H22/c1-9-10(2,3)7-6-8-11(9,4)5/h9H,6-8H2,1-5H3. The lowest BCUT2D eigenvalue weighted by atomic mass is 9.58. The van der Waals surface area contributed by atoms with Crippen LogP contribution in [0.15, 0.2) is 0 Å². The van der Waals surface area contributed by atoms with Gasteiger partial charge in [-0.15, -0.1) is 0 Å². The Bertz CT molecular complexity index is 126. The average Bonchev–Trinajstić information content (AvgIpc) is 1.82. The van der Waals surface area contributed by atoms with Gasteiger partial charge in [0, 0.05) is 0 Å². The molecule has 0 nitrogen and oxygen atoms in total. The summed E-state index contributed by atoms with van der Waals surface area (Å²) < 4.78 is 0. The van der Waals surface area contributed by atoms with Gasteiger partial charge in [-0.25, -0.2) is 0 Å². The molecule has 1 aliphatic carbocycles. The quantitative estimate of drug-likeness (QED) is 0.497. The van der Waals surface area contributed by atoms with Crippen LogP contribution in [0.4, 0.5) is 0 Å². The predicted octanol–water partition coefficient (Wildman–Crippen LogP) is 3.86. The van der Waals surface area contributed by atoms with Crippen LogP contribution in [0.1, 0.15) is 53.9 Å². The third-order valence-electron chi connectivity index (χ3n) is 3.99. The molecule has 0 aliphatic heterocycles. The van der Waals surface area contributed by atoms with E-state index in [9.17, 15) is 0 Å². The van der Waals surface area contributed by atoms with Crippen molar-refractivity contribution in [2.24, 2.45) is 16.7 Å². The van der Waals surface area contributed by atoms with E-state index in [0.717, 1.165) is 5.92 Å². The first-order chi connectivity index (χ1) is 4.86. The van der Waals surface area contributed by atoms with E-state index >= 15 is 0 Å². The molecule has 0 amide bonds. The van der Waals surface area contributed by atoms with Crippen molar-refractivity contribution >= 4 is 0 Å². The summed E-state index contributed by atoms with van der Waals surface area (Å²) in [5.41, 5.74) is 1.14. The Balaban J connectivity index is 2.76. The van der Waals surface area contributed by atoms with Gasteiger partial charge in [-0.1, -0.05) is 41.0 Å². The molecule has 1 aliphatic rings. The van der Waals surface area contributed by atoms with Crippen LogP contribution in [-0.4, -0.2) is 0 Å². The molecule has 0 atom stereocenters. The zero-order valence-electron chi connectivity index (χ0n) is 8.70. The molecule has 1 saturated carbocycles. The average molecular weight is 154 g/mol. The molecule has 11 heavy (non-hydrogen) atoms. The van der Waals surface area contributed by atoms with Gasteiger partial charge in [0.15, 0.2) is 0 Å². The Hall–Kier alpha value is 0. The third-order valence-corrected chi connectivity index (χ3v) is 3.99. The molecular formula is C11H22. The molecule has 0 heterocycles. The Morgan fingerprint density at radius 3 is 1.55 bits per heavy atom. The van der Waals surface area contributed by atoms with Crippen molar-refractivity contribution < 1.29 is 0 Å². The lowest BCUT2D eigenvalue weighted by Crippen LogP contribution is -2.38. The van der Waals surface area contributed by atoms with Crippen LogP contribution in [0.3, 0.4) is 0 Å². The van der Waals surface area contributed by atoms with Gasteiger partial charge in [0.05, 0.1) is 0 Å². The fourth-order valence-electron chi connectivity index (χ4n) is 2.49. The zero-order valence-corrected chi connectivity index (χ0v) is 8.70. The SMILES string of the molecule is CC1C(C)(C)CCCC1(C)C. The Kier molecular flexibility index (Phi) is 2.07. The molecule has 1 rings (SSSR count). The largest absolute Gasteiger partial charge is 0.0615 e. The molecule has 0 aromatic heterocycles. The normalized spacial score (nSPS) is 30.3.